The van der Waals surface area contributed by atoms with Gasteiger partial charge in [-0.25, -0.2) is 4.98 Å². The van der Waals surface area contributed by atoms with Crippen molar-refractivity contribution in [3.05, 3.63) is 83.5 Å². The van der Waals surface area contributed by atoms with Crippen LogP contribution in [0.5, 0.6) is 11.5 Å². The van der Waals surface area contributed by atoms with Crippen molar-refractivity contribution in [3.63, 3.8) is 0 Å². The first-order valence-electron chi connectivity index (χ1n) is 10.3. The first-order chi connectivity index (χ1) is 16.0. The van der Waals surface area contributed by atoms with Crippen molar-refractivity contribution in [2.45, 2.75) is 20.5 Å². The lowest BCUT2D eigenvalue weighted by Gasteiger charge is -2.11. The Morgan fingerprint density at radius 3 is 2.64 bits per heavy atom. The Hall–Kier alpha value is -4.33. The Morgan fingerprint density at radius 2 is 1.97 bits per heavy atom. The molecule has 2 heterocycles. The van der Waals surface area contributed by atoms with E-state index >= 15 is 0 Å². The summed E-state index contributed by atoms with van der Waals surface area (Å²) < 4.78 is 16.5. The summed E-state index contributed by atoms with van der Waals surface area (Å²) in [6, 6.07) is 12.9. The number of methoxy groups -OCH3 is 1. The number of H-pyrrole nitrogens is 1. The van der Waals surface area contributed by atoms with Crippen LogP contribution in [-0.4, -0.2) is 28.1 Å². The molecule has 0 radical (unpaired) electrons. The number of carbonyl (C=O) groups is 1. The second-order valence-corrected chi connectivity index (χ2v) is 7.34. The van der Waals surface area contributed by atoms with Gasteiger partial charge in [0, 0.05) is 29.7 Å². The van der Waals surface area contributed by atoms with E-state index in [1.807, 2.05) is 56.3 Å². The summed E-state index contributed by atoms with van der Waals surface area (Å²) in [5, 5.41) is 6.78. The minimum Gasteiger partial charge on any atom is -0.493 e. The largest absolute Gasteiger partial charge is 0.493 e. The molecular weight excluding hydrogens is 420 g/mol. The maximum absolute atomic E-state index is 12.3. The number of hydrogen-bond donors (Lipinski definition) is 2. The van der Waals surface area contributed by atoms with Crippen LogP contribution in [0.15, 0.2) is 65.5 Å². The van der Waals surface area contributed by atoms with Gasteiger partial charge >= 0.3 is 0 Å². The molecule has 2 aromatic heterocycles. The second-order valence-electron chi connectivity index (χ2n) is 7.34. The van der Waals surface area contributed by atoms with Gasteiger partial charge in [0.15, 0.2) is 11.5 Å². The van der Waals surface area contributed by atoms with Crippen molar-refractivity contribution in [1.29, 1.82) is 0 Å². The van der Waals surface area contributed by atoms with Crippen molar-refractivity contribution in [2.75, 3.05) is 12.4 Å². The van der Waals surface area contributed by atoms with E-state index in [2.05, 4.69) is 20.4 Å². The molecule has 8 nitrogen and oxygen atoms in total. The highest BCUT2D eigenvalue weighted by Gasteiger charge is 2.12. The molecule has 168 valence electrons. The molecule has 4 rings (SSSR count). The van der Waals surface area contributed by atoms with Crippen LogP contribution in [0.1, 0.15) is 22.6 Å². The summed E-state index contributed by atoms with van der Waals surface area (Å²) in [5.41, 5.74) is 4.15. The highest BCUT2D eigenvalue weighted by molar-refractivity contribution is 6.02. The molecule has 0 aliphatic carbocycles. The summed E-state index contributed by atoms with van der Waals surface area (Å²) in [6.07, 6.45) is 6.65. The minimum atomic E-state index is -0.238. The van der Waals surface area contributed by atoms with Crippen molar-refractivity contribution in [2.24, 2.45) is 0 Å². The molecule has 0 atom stereocenters. The molecule has 0 aliphatic rings. The number of aromatic amines is 1. The molecule has 0 aliphatic heterocycles. The van der Waals surface area contributed by atoms with Crippen LogP contribution in [0.4, 0.5) is 5.69 Å². The van der Waals surface area contributed by atoms with E-state index < -0.39 is 0 Å². The average Bonchev–Trinajstić information content (AvgIpc) is 3.47. The van der Waals surface area contributed by atoms with Crippen molar-refractivity contribution in [1.82, 2.24) is 15.1 Å². The molecule has 0 saturated heterocycles. The first kappa shape index (κ1) is 21.9. The maximum atomic E-state index is 12.3. The number of imidazole rings is 1. The van der Waals surface area contributed by atoms with E-state index in [1.54, 1.807) is 25.6 Å². The molecule has 8 heteroatoms. The average molecular weight is 444 g/mol. The third kappa shape index (κ3) is 5.30. The number of benzene rings is 2. The number of aryl methyl sites for hydroxylation is 2. The number of hydrogen-bond acceptors (Lipinski definition) is 6. The van der Waals surface area contributed by atoms with E-state index in [-0.39, 0.29) is 5.91 Å². The van der Waals surface area contributed by atoms with Gasteiger partial charge in [-0.15, -0.1) is 0 Å². The molecule has 0 saturated carbocycles. The lowest BCUT2D eigenvalue weighted by atomic mass is 10.1. The maximum Gasteiger partial charge on any atom is 0.248 e. The van der Waals surface area contributed by atoms with Crippen LogP contribution >= 0.6 is 0 Å². The molecule has 1 amide bonds. The smallest absolute Gasteiger partial charge is 0.248 e. The van der Waals surface area contributed by atoms with Crippen LogP contribution in [0, 0.1) is 13.8 Å². The number of nitrogens with zero attached hydrogens (tertiary/aromatic N) is 2. The van der Waals surface area contributed by atoms with Gasteiger partial charge in [-0.2, -0.15) is 0 Å². The highest BCUT2D eigenvalue weighted by atomic mass is 16.5. The van der Waals surface area contributed by atoms with E-state index in [0.29, 0.717) is 23.8 Å². The summed E-state index contributed by atoms with van der Waals surface area (Å²) in [7, 11) is 1.57. The van der Waals surface area contributed by atoms with Crippen LogP contribution in [-0.2, 0) is 11.4 Å². The minimum absolute atomic E-state index is 0.238. The molecule has 33 heavy (non-hydrogen) atoms. The summed E-state index contributed by atoms with van der Waals surface area (Å²) in [6.45, 7) is 4.05. The SMILES string of the molecule is COc1cc(/C=C/C(=O)Nc2ccc(-c3ncc[nH]3)cc2)ccc1OCc1c(C)noc1C. The number of nitrogens with one attached hydrogen (secondary N) is 2. The van der Waals surface area contributed by atoms with Crippen LogP contribution in [0.25, 0.3) is 17.5 Å². The predicted molar refractivity (Wildman–Crippen MR) is 125 cm³/mol. The number of ether oxygens (including phenoxy) is 2. The fraction of sp³-hybridized carbons (Fsp3) is 0.160. The summed E-state index contributed by atoms with van der Waals surface area (Å²) >= 11 is 0. The number of anilines is 1. The fourth-order valence-electron chi connectivity index (χ4n) is 3.26. The van der Waals surface area contributed by atoms with Gasteiger partial charge in [0.25, 0.3) is 0 Å². The van der Waals surface area contributed by atoms with Gasteiger partial charge in [-0.3, -0.25) is 4.79 Å². The number of carbonyl (C=O) groups excluding carboxylic acids is 1. The van der Waals surface area contributed by atoms with Gasteiger partial charge in [0.05, 0.1) is 18.4 Å². The Labute approximate surface area is 191 Å². The van der Waals surface area contributed by atoms with Crippen molar-refractivity contribution < 1.29 is 18.8 Å². The molecule has 0 spiro atoms. The monoisotopic (exact) mass is 444 g/mol. The van der Waals surface area contributed by atoms with Crippen LogP contribution < -0.4 is 14.8 Å². The Kier molecular flexibility index (Phi) is 6.54. The number of rotatable bonds is 8. The standard InChI is InChI=1S/C25H24N4O4/c1-16-21(17(2)33-29-16)15-32-22-10-4-18(14-23(22)31-3)5-11-24(30)28-20-8-6-19(7-9-20)25-26-12-13-27-25/h4-14H,15H2,1-3H3,(H,26,27)(H,28,30)/b11-5+. The van der Waals surface area contributed by atoms with Gasteiger partial charge < -0.3 is 24.3 Å². The van der Waals surface area contributed by atoms with Crippen molar-refractivity contribution >= 4 is 17.7 Å². The van der Waals surface area contributed by atoms with Crippen molar-refractivity contribution in [3.8, 4) is 22.9 Å². The highest BCUT2D eigenvalue weighted by Crippen LogP contribution is 2.30. The van der Waals surface area contributed by atoms with E-state index in [4.69, 9.17) is 14.0 Å². The van der Waals surface area contributed by atoms with Gasteiger partial charge in [-0.1, -0.05) is 11.2 Å². The Bertz CT molecular complexity index is 1240. The lowest BCUT2D eigenvalue weighted by molar-refractivity contribution is -0.111. The topological polar surface area (TPSA) is 102 Å². The summed E-state index contributed by atoms with van der Waals surface area (Å²) in [5.74, 6) is 2.43. The second kappa shape index (κ2) is 9.86. The first-order valence-corrected chi connectivity index (χ1v) is 10.3. The van der Waals surface area contributed by atoms with Crippen LogP contribution in [0.2, 0.25) is 0 Å². The van der Waals surface area contributed by atoms with Crippen LogP contribution in [0.3, 0.4) is 0 Å². The lowest BCUT2D eigenvalue weighted by Crippen LogP contribution is -2.07. The van der Waals surface area contributed by atoms with E-state index in [9.17, 15) is 4.79 Å². The molecule has 4 aromatic rings. The quantitative estimate of drug-likeness (QED) is 0.374. The normalized spacial score (nSPS) is 11.0. The van der Waals surface area contributed by atoms with E-state index in [1.165, 1.54) is 6.08 Å². The molecular formula is C25H24N4O4. The molecule has 0 bridgehead atoms. The number of amides is 1. The molecule has 2 aromatic carbocycles. The Balaban J connectivity index is 1.37. The zero-order valence-corrected chi connectivity index (χ0v) is 18.6. The molecule has 0 fully saturated rings. The predicted octanol–water partition coefficient (Wildman–Crippen LogP) is 4.92. The van der Waals surface area contributed by atoms with Gasteiger partial charge in [-0.05, 0) is 61.9 Å². The summed E-state index contributed by atoms with van der Waals surface area (Å²) in [4.78, 5) is 19.6. The van der Waals surface area contributed by atoms with E-state index in [0.717, 1.165) is 34.0 Å². The third-order valence-corrected chi connectivity index (χ3v) is 5.09. The zero-order valence-electron chi connectivity index (χ0n) is 18.6. The zero-order chi connectivity index (χ0) is 23.2. The van der Waals surface area contributed by atoms with Gasteiger partial charge in [0.2, 0.25) is 5.91 Å². The van der Waals surface area contributed by atoms with Gasteiger partial charge in [0.1, 0.15) is 18.2 Å². The third-order valence-electron chi connectivity index (χ3n) is 5.09. The number of aromatic nitrogens is 3. The molecule has 0 unspecified atom stereocenters. The molecule has 2 N–H and O–H groups in total. The fourth-order valence-corrected chi connectivity index (χ4v) is 3.26. The Morgan fingerprint density at radius 1 is 1.15 bits per heavy atom.